The van der Waals surface area contributed by atoms with Crippen molar-refractivity contribution < 1.29 is 66.5 Å². The second kappa shape index (κ2) is 35.4. The Balaban J connectivity index is 1.57. The summed E-state index contributed by atoms with van der Waals surface area (Å²) in [7, 11) is -2.29. The smallest absolute Gasteiger partial charge is 0.368 e. The van der Waals surface area contributed by atoms with Gasteiger partial charge in [-0.05, 0) is 80.3 Å². The third-order valence-electron chi connectivity index (χ3n) is 10.9. The second-order valence-corrected chi connectivity index (χ2v) is 18.6. The van der Waals surface area contributed by atoms with Crippen LogP contribution in [0.3, 0.4) is 0 Å². The average Bonchev–Trinajstić information content (AvgIpc) is 3.33. The summed E-state index contributed by atoms with van der Waals surface area (Å²) in [5, 5.41) is 35.2. The van der Waals surface area contributed by atoms with Crippen molar-refractivity contribution in [3.8, 4) is 5.75 Å². The van der Waals surface area contributed by atoms with Crippen LogP contribution in [0.5, 0.6) is 5.75 Å². The van der Waals surface area contributed by atoms with Gasteiger partial charge in [-0.2, -0.15) is 0 Å². The monoisotopic (exact) mass is 1020 g/mol. The highest BCUT2D eigenvalue weighted by Crippen LogP contribution is 2.37. The van der Waals surface area contributed by atoms with Crippen molar-refractivity contribution in [1.29, 1.82) is 5.41 Å². The van der Waals surface area contributed by atoms with Crippen LogP contribution in [0.1, 0.15) is 54.4 Å². The van der Waals surface area contributed by atoms with Crippen LogP contribution in [0.2, 0.25) is 0 Å². The maximum absolute atomic E-state index is 14.2. The van der Waals surface area contributed by atoms with Crippen LogP contribution in [0.15, 0.2) is 42.5 Å². The van der Waals surface area contributed by atoms with E-state index in [1.807, 2.05) is 6.07 Å². The fourth-order valence-electron chi connectivity index (χ4n) is 7.11. The fraction of sp³-hybridized carbons (Fsp3) is 0.638. The molecule has 23 nitrogen and oxygen atoms in total. The van der Waals surface area contributed by atoms with E-state index in [1.54, 1.807) is 57.4 Å². The fourth-order valence-corrected chi connectivity index (χ4v) is 8.50. The molecule has 2 aromatic rings. The molecule has 0 aromatic heterocycles. The highest BCUT2D eigenvalue weighted by molar-refractivity contribution is 7.55. The number of carbonyl (C=O) groups is 4. The van der Waals surface area contributed by atoms with Gasteiger partial charge in [0.2, 0.25) is 23.6 Å². The number of nitrogens with two attached hydrogens (primary N) is 2. The second-order valence-electron chi connectivity index (χ2n) is 16.7. The number of rotatable bonds is 29. The van der Waals surface area contributed by atoms with Crippen LogP contribution in [-0.2, 0) is 74.3 Å². The van der Waals surface area contributed by atoms with Crippen molar-refractivity contribution in [3.05, 3.63) is 64.7 Å². The number of phenols is 1. The first kappa shape index (κ1) is 60.5. The Labute approximate surface area is 417 Å². The van der Waals surface area contributed by atoms with Crippen molar-refractivity contribution in [2.75, 3.05) is 113 Å². The number of primary amides is 1. The minimum Gasteiger partial charge on any atom is -0.508 e. The van der Waals surface area contributed by atoms with Gasteiger partial charge in [0.15, 0.2) is 5.96 Å². The number of carbonyl (C=O) groups excluding carboxylic acids is 4. The van der Waals surface area contributed by atoms with Gasteiger partial charge in [-0.15, -0.1) is 0 Å². The molecule has 1 aliphatic heterocycles. The van der Waals surface area contributed by atoms with Gasteiger partial charge in [0, 0.05) is 33.0 Å². The average molecular weight is 1020 g/mol. The lowest BCUT2D eigenvalue weighted by Crippen LogP contribution is -2.58. The first-order valence-electron chi connectivity index (χ1n) is 24.1. The largest absolute Gasteiger partial charge is 0.508 e. The van der Waals surface area contributed by atoms with Crippen molar-refractivity contribution in [3.63, 3.8) is 0 Å². The molecule has 0 radical (unpaired) electrons. The van der Waals surface area contributed by atoms with Gasteiger partial charge < -0.3 is 71.0 Å². The number of nitrogens with one attached hydrogen (secondary N) is 7. The summed E-state index contributed by atoms with van der Waals surface area (Å²) in [5.74, 6) is -3.01. The molecule has 1 unspecified atom stereocenters. The number of methoxy groups -OCH3 is 1. The number of aryl methyl sites for hydroxylation is 2. The highest BCUT2D eigenvalue weighted by atomic mass is 31.2. The van der Waals surface area contributed by atoms with E-state index in [-0.39, 0.29) is 76.9 Å². The molecule has 24 heteroatoms. The molecule has 0 bridgehead atoms. The molecule has 1 saturated heterocycles. The molecule has 0 spiro atoms. The SMILES string of the molecule is COCCOCCOCCOCCOCCOCCOCCOP1(=O)NCCCC[C@@H](C(=O)N[C@@H](Cc2ccccc2)C(N)=O)NC(=O)[C@H](Cc2c(C)cc(O)cc2C)NC(=O)[C@H](N)CCCNC(=N)N1. The van der Waals surface area contributed by atoms with Gasteiger partial charge in [-0.3, -0.25) is 34.2 Å². The number of aromatic hydroxyl groups is 1. The molecule has 400 valence electrons. The molecule has 3 rings (SSSR count). The zero-order chi connectivity index (χ0) is 51.7. The van der Waals surface area contributed by atoms with E-state index < -0.39 is 55.5 Å². The van der Waals surface area contributed by atoms with E-state index in [4.69, 9.17) is 54.6 Å². The maximum atomic E-state index is 14.2. The van der Waals surface area contributed by atoms with E-state index in [0.29, 0.717) is 102 Å². The number of benzene rings is 2. The standard InChI is InChI=1S/C47H78N9O14P/c1-34-30-37(57)31-35(2)38(34)33-42-46(61)53-40(45(60)54-41(43(49)58)32-36-10-5-4-6-11-36)13-7-8-15-52-71(62,56-47(50)51-14-9-12-39(48)44(59)55-42)70-29-28-69-27-26-68-25-24-67-23-22-66-21-20-65-19-18-64-17-16-63-3/h4-6,10-11,30-31,39-42,57H,7-9,12-29,32-33,48H2,1-3H3,(H2,49,58)(H,53,61)(H,54,60)(H,55,59)(H4,50,51,52,56,62)/t39-,40+,41+,42+,71?/m1/s1. The van der Waals surface area contributed by atoms with E-state index in [2.05, 4.69) is 31.4 Å². The summed E-state index contributed by atoms with van der Waals surface area (Å²) >= 11 is 0. The topological polar surface area (TPSA) is 327 Å². The molecule has 2 aromatic carbocycles. The van der Waals surface area contributed by atoms with E-state index in [0.717, 1.165) is 5.56 Å². The Bertz CT molecular complexity index is 1920. The van der Waals surface area contributed by atoms with Crippen LogP contribution in [-0.4, -0.2) is 172 Å². The summed E-state index contributed by atoms with van der Waals surface area (Å²) in [4.78, 5) is 54.4. The lowest BCUT2D eigenvalue weighted by atomic mass is 9.95. The van der Waals surface area contributed by atoms with Crippen LogP contribution in [0.25, 0.3) is 0 Å². The van der Waals surface area contributed by atoms with Gasteiger partial charge in [-0.1, -0.05) is 30.3 Å². The Morgan fingerprint density at radius 3 is 1.87 bits per heavy atom. The molecule has 5 atom stereocenters. The Kier molecular flexibility index (Phi) is 30.1. The molecule has 71 heavy (non-hydrogen) atoms. The molecule has 1 heterocycles. The predicted octanol–water partition coefficient (Wildman–Crippen LogP) is 0.600. The zero-order valence-electron chi connectivity index (χ0n) is 41.5. The lowest BCUT2D eigenvalue weighted by molar-refractivity contribution is -0.133. The van der Waals surface area contributed by atoms with Gasteiger partial charge in [0.25, 0.3) is 0 Å². The van der Waals surface area contributed by atoms with E-state index >= 15 is 0 Å². The molecular formula is C47H78N9O14P. The van der Waals surface area contributed by atoms with Gasteiger partial charge in [-0.25, -0.2) is 9.65 Å². The summed E-state index contributed by atoms with van der Waals surface area (Å²) in [6.07, 6.45) is 1.26. The van der Waals surface area contributed by atoms with E-state index in [9.17, 15) is 28.8 Å². The minimum atomic E-state index is -3.91. The number of hydrogen-bond acceptors (Lipinski definition) is 16. The molecule has 0 saturated carbocycles. The van der Waals surface area contributed by atoms with Crippen molar-refractivity contribution in [2.24, 2.45) is 11.5 Å². The third kappa shape index (κ3) is 26.0. The number of ether oxygens (including phenoxy) is 7. The van der Waals surface area contributed by atoms with Crippen LogP contribution < -0.4 is 42.9 Å². The van der Waals surface area contributed by atoms with E-state index in [1.165, 1.54) is 0 Å². The normalized spacial score (nSPS) is 20.3. The molecule has 4 amide bonds. The molecule has 0 aliphatic carbocycles. The number of hydrogen-bond donors (Lipinski definition) is 10. The first-order chi connectivity index (χ1) is 34.2. The Hall–Kier alpha value is -4.78. The van der Waals surface area contributed by atoms with Crippen LogP contribution in [0.4, 0.5) is 0 Å². The molecule has 12 N–H and O–H groups in total. The minimum absolute atomic E-state index is 0.00947. The summed E-state index contributed by atoms with van der Waals surface area (Å²) in [6.45, 7) is 8.86. The lowest BCUT2D eigenvalue weighted by Gasteiger charge is -2.26. The van der Waals surface area contributed by atoms with Gasteiger partial charge in [0.05, 0.1) is 98.5 Å². The maximum Gasteiger partial charge on any atom is 0.368 e. The van der Waals surface area contributed by atoms with Crippen LogP contribution >= 0.6 is 7.67 Å². The number of phenolic OH excluding ortho intramolecular Hbond substituents is 1. The van der Waals surface area contributed by atoms with Crippen molar-refractivity contribution in [1.82, 2.24) is 31.4 Å². The first-order valence-corrected chi connectivity index (χ1v) is 25.7. The zero-order valence-corrected chi connectivity index (χ0v) is 42.4. The molecule has 1 aliphatic rings. The molecule has 1 fully saturated rings. The van der Waals surface area contributed by atoms with Crippen molar-refractivity contribution in [2.45, 2.75) is 83.0 Å². The summed E-state index contributed by atoms with van der Waals surface area (Å²) in [5.41, 5.74) is 14.9. The number of guanidine groups is 1. The van der Waals surface area contributed by atoms with Crippen LogP contribution in [0, 0.1) is 19.3 Å². The molecular weight excluding hydrogens is 946 g/mol. The number of amides is 4. The quantitative estimate of drug-likeness (QED) is 0.0394. The van der Waals surface area contributed by atoms with Gasteiger partial charge >= 0.3 is 7.67 Å². The highest BCUT2D eigenvalue weighted by Gasteiger charge is 2.31. The summed E-state index contributed by atoms with van der Waals surface area (Å²) < 4.78 is 57.5. The Morgan fingerprint density at radius 2 is 1.32 bits per heavy atom. The predicted molar refractivity (Wildman–Crippen MR) is 265 cm³/mol. The van der Waals surface area contributed by atoms with Crippen molar-refractivity contribution >= 4 is 37.3 Å². The third-order valence-corrected chi connectivity index (χ3v) is 12.6. The van der Waals surface area contributed by atoms with Gasteiger partial charge in [0.1, 0.15) is 23.9 Å². The Morgan fingerprint density at radius 1 is 0.775 bits per heavy atom. The summed E-state index contributed by atoms with van der Waals surface area (Å²) in [6, 6.07) is 7.52.